The Balaban J connectivity index is 1.90. The van der Waals surface area contributed by atoms with Gasteiger partial charge in [0.2, 0.25) is 0 Å². The van der Waals surface area contributed by atoms with Crippen LogP contribution in [0.15, 0.2) is 16.6 Å². The number of hydrogen-bond acceptors (Lipinski definition) is 5. The van der Waals surface area contributed by atoms with Crippen LogP contribution in [0.5, 0.6) is 0 Å². The molecule has 7 heteroatoms. The molecule has 6 nitrogen and oxygen atoms in total. The lowest BCUT2D eigenvalue weighted by atomic mass is 10.00. The minimum atomic E-state index is -0.345. The summed E-state index contributed by atoms with van der Waals surface area (Å²) in [5.74, 6) is 0. The predicted octanol–water partition coefficient (Wildman–Crippen LogP) is 3.08. The van der Waals surface area contributed by atoms with Gasteiger partial charge in [-0.25, -0.2) is 0 Å². The maximum Gasteiger partial charge on any atom is 0.270 e. The molecule has 1 fully saturated rings. The van der Waals surface area contributed by atoms with Gasteiger partial charge in [-0.1, -0.05) is 15.9 Å². The molecule has 0 spiro atoms. The number of ether oxygens (including phenoxy) is 2. The van der Waals surface area contributed by atoms with Crippen LogP contribution in [0.1, 0.15) is 30.1 Å². The van der Waals surface area contributed by atoms with Crippen molar-refractivity contribution in [3.05, 3.63) is 37.8 Å². The van der Waals surface area contributed by atoms with Gasteiger partial charge in [-0.05, 0) is 30.4 Å². The van der Waals surface area contributed by atoms with Crippen molar-refractivity contribution < 1.29 is 14.4 Å². The maximum atomic E-state index is 11.2. The summed E-state index contributed by atoms with van der Waals surface area (Å²) in [5, 5.41) is 11.2. The molecule has 1 aliphatic heterocycles. The lowest BCUT2D eigenvalue weighted by Crippen LogP contribution is -2.44. The van der Waals surface area contributed by atoms with E-state index in [1.807, 2.05) is 0 Å². The molecule has 0 N–H and O–H groups in total. The predicted molar refractivity (Wildman–Crippen MR) is 89.7 cm³/mol. The highest BCUT2D eigenvalue weighted by molar-refractivity contribution is 9.10. The first-order chi connectivity index (χ1) is 11.1. The molecule has 1 saturated heterocycles. The summed E-state index contributed by atoms with van der Waals surface area (Å²) < 4.78 is 12.0. The first-order valence-corrected chi connectivity index (χ1v) is 8.70. The Labute approximate surface area is 144 Å². The number of non-ortho nitro benzene ring substituents is 1. The van der Waals surface area contributed by atoms with Crippen LogP contribution in [0.2, 0.25) is 0 Å². The topological polar surface area (TPSA) is 64.8 Å². The monoisotopic (exact) mass is 384 g/mol. The number of rotatable bonds is 3. The number of fused-ring (bicyclic) bond motifs is 1. The molecular weight excluding hydrogens is 364 g/mol. The van der Waals surface area contributed by atoms with Crippen LogP contribution in [-0.2, 0) is 15.9 Å². The summed E-state index contributed by atoms with van der Waals surface area (Å²) in [7, 11) is 1.68. The Bertz CT molecular complexity index is 590. The average molecular weight is 385 g/mol. The van der Waals surface area contributed by atoms with Crippen LogP contribution in [0.3, 0.4) is 0 Å². The summed E-state index contributed by atoms with van der Waals surface area (Å²) in [6.07, 6.45) is 2.67. The van der Waals surface area contributed by atoms with E-state index in [2.05, 4.69) is 20.8 Å². The first kappa shape index (κ1) is 16.8. The van der Waals surface area contributed by atoms with E-state index in [9.17, 15) is 10.1 Å². The summed E-state index contributed by atoms with van der Waals surface area (Å²) in [6, 6.07) is 3.69. The van der Waals surface area contributed by atoms with E-state index in [4.69, 9.17) is 9.47 Å². The van der Waals surface area contributed by atoms with Crippen LogP contribution < -0.4 is 0 Å². The van der Waals surface area contributed by atoms with Crippen molar-refractivity contribution in [2.75, 3.05) is 33.4 Å². The number of nitrogens with zero attached hydrogens (tertiary/aromatic N) is 2. The second kappa shape index (κ2) is 7.25. The van der Waals surface area contributed by atoms with Gasteiger partial charge in [0.05, 0.1) is 24.2 Å². The third-order valence-electron chi connectivity index (χ3n) is 4.83. The number of halogens is 1. The molecule has 2 unspecified atom stereocenters. The zero-order chi connectivity index (χ0) is 16.4. The van der Waals surface area contributed by atoms with E-state index in [1.165, 1.54) is 0 Å². The Hall–Kier alpha value is -1.02. The molecule has 23 heavy (non-hydrogen) atoms. The Kier molecular flexibility index (Phi) is 5.31. The van der Waals surface area contributed by atoms with Crippen molar-refractivity contribution in [1.82, 2.24) is 4.90 Å². The highest BCUT2D eigenvalue weighted by Crippen LogP contribution is 2.39. The van der Waals surface area contributed by atoms with Gasteiger partial charge >= 0.3 is 0 Å². The quantitative estimate of drug-likeness (QED) is 0.455. The van der Waals surface area contributed by atoms with Crippen LogP contribution in [0, 0.1) is 10.1 Å². The molecule has 0 saturated carbocycles. The van der Waals surface area contributed by atoms with Gasteiger partial charge in [0.1, 0.15) is 0 Å². The molecule has 3 rings (SSSR count). The molecule has 0 radical (unpaired) electrons. The number of methoxy groups -OCH3 is 1. The summed E-state index contributed by atoms with van der Waals surface area (Å²) >= 11 is 3.51. The second-order valence-electron chi connectivity index (χ2n) is 6.05. The third kappa shape index (κ3) is 3.57. The van der Waals surface area contributed by atoms with Crippen molar-refractivity contribution in [1.29, 1.82) is 0 Å². The largest absolute Gasteiger partial charge is 0.379 e. The molecular formula is C16H21BrN2O4. The molecule has 1 aromatic carbocycles. The van der Waals surface area contributed by atoms with Crippen molar-refractivity contribution in [3.8, 4) is 0 Å². The molecule has 1 aliphatic carbocycles. The lowest BCUT2D eigenvalue weighted by Gasteiger charge is -2.35. The van der Waals surface area contributed by atoms with Gasteiger partial charge in [0.15, 0.2) is 0 Å². The second-order valence-corrected chi connectivity index (χ2v) is 6.91. The first-order valence-electron chi connectivity index (χ1n) is 7.91. The van der Waals surface area contributed by atoms with Crippen molar-refractivity contribution >= 4 is 21.6 Å². The number of nitro groups is 1. The van der Waals surface area contributed by atoms with E-state index in [-0.39, 0.29) is 16.7 Å². The lowest BCUT2D eigenvalue weighted by molar-refractivity contribution is -0.385. The van der Waals surface area contributed by atoms with E-state index < -0.39 is 0 Å². The van der Waals surface area contributed by atoms with Crippen LogP contribution in [-0.4, -0.2) is 49.3 Å². The zero-order valence-corrected chi connectivity index (χ0v) is 14.8. The molecule has 0 aromatic heterocycles. The summed E-state index contributed by atoms with van der Waals surface area (Å²) in [6.45, 7) is 3.43. The van der Waals surface area contributed by atoms with Gasteiger partial charge in [-0.2, -0.15) is 0 Å². The minimum Gasteiger partial charge on any atom is -0.379 e. The summed E-state index contributed by atoms with van der Waals surface area (Å²) in [5.41, 5.74) is 2.20. The van der Waals surface area contributed by atoms with E-state index in [1.54, 1.807) is 19.2 Å². The van der Waals surface area contributed by atoms with Crippen LogP contribution in [0.4, 0.5) is 5.69 Å². The normalized spacial score (nSPS) is 25.7. The van der Waals surface area contributed by atoms with Crippen LogP contribution in [0.25, 0.3) is 0 Å². The maximum absolute atomic E-state index is 11.2. The van der Waals surface area contributed by atoms with Crippen LogP contribution >= 0.6 is 15.9 Å². The standard InChI is InChI=1S/C16H21BrN2O4/c1-22-16-10-11(18-4-6-23-7-5-18)2-3-13-14(16)8-12(19(20)21)9-15(13)17/h8-9,11,16H,2-7,10H2,1H3. The van der Waals surface area contributed by atoms with Gasteiger partial charge < -0.3 is 9.47 Å². The molecule has 0 bridgehead atoms. The molecule has 1 aromatic rings. The Morgan fingerprint density at radius 1 is 1.39 bits per heavy atom. The molecule has 2 atom stereocenters. The van der Waals surface area contributed by atoms with Gasteiger partial charge in [-0.15, -0.1) is 0 Å². The SMILES string of the molecule is COC1CC(N2CCOCC2)CCc2c(Br)cc([N+](=O)[O-])cc21. The fourth-order valence-electron chi connectivity index (χ4n) is 3.60. The molecule has 2 aliphatic rings. The molecule has 126 valence electrons. The number of morpholine rings is 1. The number of nitro benzene ring substituents is 1. The minimum absolute atomic E-state index is 0.113. The highest BCUT2D eigenvalue weighted by atomic mass is 79.9. The smallest absolute Gasteiger partial charge is 0.270 e. The Morgan fingerprint density at radius 2 is 2.13 bits per heavy atom. The van der Waals surface area contributed by atoms with Gasteiger partial charge in [-0.3, -0.25) is 15.0 Å². The molecule has 1 heterocycles. The number of benzene rings is 1. The highest BCUT2D eigenvalue weighted by Gasteiger charge is 2.31. The van der Waals surface area contributed by atoms with E-state index >= 15 is 0 Å². The van der Waals surface area contributed by atoms with Crippen molar-refractivity contribution in [2.24, 2.45) is 0 Å². The van der Waals surface area contributed by atoms with Gasteiger partial charge in [0.25, 0.3) is 5.69 Å². The Morgan fingerprint density at radius 3 is 2.78 bits per heavy atom. The van der Waals surface area contributed by atoms with Gasteiger partial charge in [0, 0.05) is 42.8 Å². The summed E-state index contributed by atoms with van der Waals surface area (Å²) in [4.78, 5) is 13.3. The molecule has 0 amide bonds. The fraction of sp³-hybridized carbons (Fsp3) is 0.625. The van der Waals surface area contributed by atoms with E-state index in [0.29, 0.717) is 6.04 Å². The third-order valence-corrected chi connectivity index (χ3v) is 5.54. The van der Waals surface area contributed by atoms with Crippen molar-refractivity contribution in [2.45, 2.75) is 31.4 Å². The van der Waals surface area contributed by atoms with E-state index in [0.717, 1.165) is 61.2 Å². The number of hydrogen-bond donors (Lipinski definition) is 0. The van der Waals surface area contributed by atoms with Crippen molar-refractivity contribution in [3.63, 3.8) is 0 Å². The average Bonchev–Trinajstić information content (AvgIpc) is 2.75. The zero-order valence-electron chi connectivity index (χ0n) is 13.2. The fourth-order valence-corrected chi connectivity index (χ4v) is 4.26.